The van der Waals surface area contributed by atoms with E-state index in [2.05, 4.69) is 17.6 Å². The molecule has 0 radical (unpaired) electrons. The van der Waals surface area contributed by atoms with Gasteiger partial charge in [-0.05, 0) is 37.8 Å². The van der Waals surface area contributed by atoms with Gasteiger partial charge < -0.3 is 10.6 Å². The average Bonchev–Trinajstić information content (AvgIpc) is 2.44. The summed E-state index contributed by atoms with van der Waals surface area (Å²) < 4.78 is 0. The maximum absolute atomic E-state index is 11.9. The predicted octanol–water partition coefficient (Wildman–Crippen LogP) is 2.63. The van der Waals surface area contributed by atoms with Crippen LogP contribution in [0.5, 0.6) is 0 Å². The molecule has 0 bridgehead atoms. The van der Waals surface area contributed by atoms with Crippen LogP contribution in [0.3, 0.4) is 0 Å². The van der Waals surface area contributed by atoms with Gasteiger partial charge in [-0.2, -0.15) is 0 Å². The number of benzene rings is 1. The zero-order valence-electron chi connectivity index (χ0n) is 12.1. The van der Waals surface area contributed by atoms with Crippen LogP contribution < -0.4 is 10.6 Å². The Morgan fingerprint density at radius 3 is 2.35 bits per heavy atom. The fraction of sp³-hybridized carbons (Fsp3) is 0.500. The van der Waals surface area contributed by atoms with Crippen molar-refractivity contribution in [2.45, 2.75) is 45.6 Å². The minimum Gasteiger partial charge on any atom is -0.345 e. The molecule has 1 aromatic carbocycles. The largest absolute Gasteiger partial charge is 0.345 e. The van der Waals surface area contributed by atoms with Gasteiger partial charge in [0.25, 0.3) is 0 Å². The summed E-state index contributed by atoms with van der Waals surface area (Å²) in [5.41, 5.74) is 1.76. The Morgan fingerprint density at radius 1 is 1.05 bits per heavy atom. The Kier molecular flexibility index (Phi) is 4.77. The van der Waals surface area contributed by atoms with Crippen LogP contribution >= 0.6 is 0 Å². The smallest absolute Gasteiger partial charge is 0.313 e. The molecular weight excluding hydrogens is 252 g/mol. The first-order chi connectivity index (χ1) is 9.56. The number of rotatable bonds is 2. The van der Waals surface area contributed by atoms with E-state index in [1.54, 1.807) is 12.1 Å². The molecule has 1 saturated carbocycles. The third-order valence-electron chi connectivity index (χ3n) is 3.94. The van der Waals surface area contributed by atoms with Crippen molar-refractivity contribution in [2.75, 3.05) is 5.32 Å². The van der Waals surface area contributed by atoms with E-state index in [1.165, 1.54) is 6.42 Å². The second-order valence-electron chi connectivity index (χ2n) is 5.66. The Morgan fingerprint density at radius 2 is 1.70 bits per heavy atom. The minimum absolute atomic E-state index is 0.125. The van der Waals surface area contributed by atoms with Crippen LogP contribution in [0, 0.1) is 12.8 Å². The first-order valence-electron chi connectivity index (χ1n) is 7.25. The third kappa shape index (κ3) is 3.83. The highest BCUT2D eigenvalue weighted by Crippen LogP contribution is 2.23. The zero-order chi connectivity index (χ0) is 14.5. The van der Waals surface area contributed by atoms with E-state index in [0.717, 1.165) is 24.8 Å². The van der Waals surface area contributed by atoms with Crippen LogP contribution in [-0.2, 0) is 9.59 Å². The van der Waals surface area contributed by atoms with Gasteiger partial charge in [-0.3, -0.25) is 9.59 Å². The molecule has 2 N–H and O–H groups in total. The zero-order valence-corrected chi connectivity index (χ0v) is 12.1. The number of nitrogens with one attached hydrogen (secondary N) is 2. The number of carbonyl (C=O) groups excluding carboxylic acids is 2. The molecule has 0 heterocycles. The number of carbonyl (C=O) groups is 2. The molecule has 2 unspecified atom stereocenters. The number of amides is 2. The average molecular weight is 274 g/mol. The lowest BCUT2D eigenvalue weighted by Gasteiger charge is -2.29. The van der Waals surface area contributed by atoms with Gasteiger partial charge >= 0.3 is 11.8 Å². The van der Waals surface area contributed by atoms with Crippen LogP contribution in [0.4, 0.5) is 5.69 Å². The molecule has 1 fully saturated rings. The third-order valence-corrected chi connectivity index (χ3v) is 3.94. The second kappa shape index (κ2) is 6.55. The van der Waals surface area contributed by atoms with E-state index < -0.39 is 11.8 Å². The fourth-order valence-electron chi connectivity index (χ4n) is 2.59. The van der Waals surface area contributed by atoms with Crippen molar-refractivity contribution >= 4 is 17.5 Å². The lowest BCUT2D eigenvalue weighted by molar-refractivity contribution is -0.137. The van der Waals surface area contributed by atoms with E-state index in [1.807, 2.05) is 19.1 Å². The summed E-state index contributed by atoms with van der Waals surface area (Å²) in [6, 6.07) is 7.51. The minimum atomic E-state index is -0.591. The van der Waals surface area contributed by atoms with Crippen molar-refractivity contribution in [1.82, 2.24) is 5.32 Å². The molecule has 1 aliphatic carbocycles. The molecule has 1 aromatic rings. The molecule has 0 saturated heterocycles. The maximum Gasteiger partial charge on any atom is 0.313 e. The number of anilines is 1. The fourth-order valence-corrected chi connectivity index (χ4v) is 2.59. The topological polar surface area (TPSA) is 58.2 Å². The molecule has 0 aromatic heterocycles. The summed E-state index contributed by atoms with van der Waals surface area (Å²) in [4.78, 5) is 23.8. The van der Waals surface area contributed by atoms with Crippen molar-refractivity contribution in [3.63, 3.8) is 0 Å². The Balaban J connectivity index is 1.88. The second-order valence-corrected chi connectivity index (χ2v) is 5.66. The molecule has 4 heteroatoms. The van der Waals surface area contributed by atoms with Gasteiger partial charge in [0, 0.05) is 11.7 Å². The summed E-state index contributed by atoms with van der Waals surface area (Å²) in [6.07, 6.45) is 4.41. The van der Waals surface area contributed by atoms with E-state index in [9.17, 15) is 9.59 Å². The Labute approximate surface area is 119 Å². The number of hydrogen-bond acceptors (Lipinski definition) is 2. The lowest BCUT2D eigenvalue weighted by atomic mass is 9.86. The van der Waals surface area contributed by atoms with Gasteiger partial charge in [-0.1, -0.05) is 37.5 Å². The number of aryl methyl sites for hydroxylation is 1. The first kappa shape index (κ1) is 14.6. The summed E-state index contributed by atoms with van der Waals surface area (Å²) >= 11 is 0. The van der Waals surface area contributed by atoms with Gasteiger partial charge in [-0.25, -0.2) is 0 Å². The first-order valence-corrected chi connectivity index (χ1v) is 7.25. The molecule has 0 spiro atoms. The van der Waals surface area contributed by atoms with Gasteiger partial charge in [0.2, 0.25) is 0 Å². The maximum atomic E-state index is 11.9. The van der Waals surface area contributed by atoms with Crippen LogP contribution in [0.25, 0.3) is 0 Å². The van der Waals surface area contributed by atoms with Crippen molar-refractivity contribution in [1.29, 1.82) is 0 Å². The normalized spacial score (nSPS) is 22.1. The molecule has 4 nitrogen and oxygen atoms in total. The standard InChI is InChI=1S/C16H22N2O2/c1-11-7-9-13(10-8-11)17-15(19)16(20)18-14-6-4-3-5-12(14)2/h7-10,12,14H,3-6H2,1-2H3,(H,17,19)(H,18,20). The van der Waals surface area contributed by atoms with Crippen molar-refractivity contribution in [3.05, 3.63) is 29.8 Å². The van der Waals surface area contributed by atoms with Crippen LogP contribution in [-0.4, -0.2) is 17.9 Å². The quantitative estimate of drug-likeness (QED) is 0.814. The molecule has 1 aliphatic rings. The van der Waals surface area contributed by atoms with E-state index >= 15 is 0 Å². The van der Waals surface area contributed by atoms with E-state index in [-0.39, 0.29) is 6.04 Å². The van der Waals surface area contributed by atoms with Gasteiger partial charge in [0.1, 0.15) is 0 Å². The van der Waals surface area contributed by atoms with Crippen molar-refractivity contribution in [2.24, 2.45) is 5.92 Å². The van der Waals surface area contributed by atoms with E-state index in [0.29, 0.717) is 11.6 Å². The van der Waals surface area contributed by atoms with Gasteiger partial charge in [0.05, 0.1) is 0 Å². The molecule has 2 atom stereocenters. The Hall–Kier alpha value is -1.84. The van der Waals surface area contributed by atoms with Crippen LogP contribution in [0.2, 0.25) is 0 Å². The highest BCUT2D eigenvalue weighted by Gasteiger charge is 2.25. The molecular formula is C16H22N2O2. The molecule has 108 valence electrons. The van der Waals surface area contributed by atoms with Gasteiger partial charge in [-0.15, -0.1) is 0 Å². The highest BCUT2D eigenvalue weighted by molar-refractivity contribution is 6.39. The molecule has 2 amide bonds. The molecule has 2 rings (SSSR count). The predicted molar refractivity (Wildman–Crippen MR) is 79.4 cm³/mol. The Bertz CT molecular complexity index is 482. The molecule has 20 heavy (non-hydrogen) atoms. The van der Waals surface area contributed by atoms with Crippen molar-refractivity contribution in [3.8, 4) is 0 Å². The van der Waals surface area contributed by atoms with Gasteiger partial charge in [0.15, 0.2) is 0 Å². The summed E-state index contributed by atoms with van der Waals surface area (Å²) in [6.45, 7) is 4.10. The highest BCUT2D eigenvalue weighted by atomic mass is 16.2. The van der Waals surface area contributed by atoms with Crippen molar-refractivity contribution < 1.29 is 9.59 Å². The summed E-state index contributed by atoms with van der Waals surface area (Å²) in [5, 5.41) is 5.47. The number of hydrogen-bond donors (Lipinski definition) is 2. The van der Waals surface area contributed by atoms with Crippen LogP contribution in [0.1, 0.15) is 38.2 Å². The SMILES string of the molecule is Cc1ccc(NC(=O)C(=O)NC2CCCCC2C)cc1. The van der Waals surface area contributed by atoms with E-state index in [4.69, 9.17) is 0 Å². The summed E-state index contributed by atoms with van der Waals surface area (Å²) in [5.74, 6) is -0.684. The lowest BCUT2D eigenvalue weighted by Crippen LogP contribution is -2.45. The molecule has 0 aliphatic heterocycles. The monoisotopic (exact) mass is 274 g/mol. The van der Waals surface area contributed by atoms with Crippen LogP contribution in [0.15, 0.2) is 24.3 Å². The summed E-state index contributed by atoms with van der Waals surface area (Å²) in [7, 11) is 0.